The molecular formula is C28H34N4O3. The summed E-state index contributed by atoms with van der Waals surface area (Å²) in [6.07, 6.45) is 4.43. The number of anilines is 2. The maximum atomic E-state index is 12.0. The van der Waals surface area contributed by atoms with E-state index in [-0.39, 0.29) is 12.5 Å². The molecule has 7 nitrogen and oxygen atoms in total. The van der Waals surface area contributed by atoms with Gasteiger partial charge in [-0.05, 0) is 68.4 Å². The molecule has 0 bridgehead atoms. The third-order valence-electron chi connectivity index (χ3n) is 7.10. The lowest BCUT2D eigenvalue weighted by molar-refractivity contribution is -0.141. The van der Waals surface area contributed by atoms with Gasteiger partial charge < -0.3 is 19.3 Å². The highest BCUT2D eigenvalue weighted by molar-refractivity contribution is 5.93. The molecule has 0 radical (unpaired) electrons. The number of carbonyl (C=O) groups is 1. The van der Waals surface area contributed by atoms with Crippen molar-refractivity contribution in [3.63, 3.8) is 0 Å². The molecule has 2 fully saturated rings. The maximum absolute atomic E-state index is 12.0. The number of fused-ring (bicyclic) bond motifs is 1. The lowest BCUT2D eigenvalue weighted by atomic mass is 9.88. The molecule has 1 saturated heterocycles. The number of aromatic nitrogens is 2. The molecule has 3 aromatic rings. The Morgan fingerprint density at radius 2 is 1.83 bits per heavy atom. The van der Waals surface area contributed by atoms with Gasteiger partial charge in [-0.25, -0.2) is 9.97 Å². The van der Waals surface area contributed by atoms with Gasteiger partial charge in [0.2, 0.25) is 0 Å². The predicted octanol–water partition coefficient (Wildman–Crippen LogP) is 4.90. The Kier molecular flexibility index (Phi) is 6.75. The van der Waals surface area contributed by atoms with E-state index in [2.05, 4.69) is 35.2 Å². The van der Waals surface area contributed by atoms with Crippen LogP contribution >= 0.6 is 0 Å². The van der Waals surface area contributed by atoms with Crippen molar-refractivity contribution in [3.8, 4) is 5.75 Å². The van der Waals surface area contributed by atoms with E-state index in [0.717, 1.165) is 59.9 Å². The van der Waals surface area contributed by atoms with E-state index >= 15 is 0 Å². The third-order valence-corrected chi connectivity index (χ3v) is 7.10. The van der Waals surface area contributed by atoms with Crippen molar-refractivity contribution in [1.29, 1.82) is 0 Å². The summed E-state index contributed by atoms with van der Waals surface area (Å²) >= 11 is 0. The molecule has 2 aromatic carbocycles. The van der Waals surface area contributed by atoms with Crippen LogP contribution in [0.25, 0.3) is 10.9 Å². The van der Waals surface area contributed by atoms with Crippen molar-refractivity contribution in [1.82, 2.24) is 9.97 Å². The summed E-state index contributed by atoms with van der Waals surface area (Å²) in [5, 5.41) is 1.04. The Bertz CT molecular complexity index is 1200. The zero-order valence-electron chi connectivity index (χ0n) is 20.9. The van der Waals surface area contributed by atoms with E-state index in [1.807, 2.05) is 31.0 Å². The van der Waals surface area contributed by atoms with E-state index in [9.17, 15) is 4.79 Å². The summed E-state index contributed by atoms with van der Waals surface area (Å²) in [6.45, 7) is 4.28. The smallest absolute Gasteiger partial charge is 0.325 e. The number of methoxy groups -OCH3 is 1. The first-order valence-corrected chi connectivity index (χ1v) is 12.6. The SMILES string of the molecule is CCOC(=O)CN(C)c1ccc2nc(C3CC3)nc(N3CCC(c4ccccc4OC)CC3)c2c1. The van der Waals surface area contributed by atoms with Gasteiger partial charge in [-0.2, -0.15) is 0 Å². The highest BCUT2D eigenvalue weighted by atomic mass is 16.5. The van der Waals surface area contributed by atoms with Gasteiger partial charge in [-0.1, -0.05) is 18.2 Å². The molecule has 0 unspecified atom stereocenters. The van der Waals surface area contributed by atoms with Gasteiger partial charge >= 0.3 is 5.97 Å². The van der Waals surface area contributed by atoms with Crippen molar-refractivity contribution < 1.29 is 14.3 Å². The molecule has 2 heterocycles. The first-order valence-electron chi connectivity index (χ1n) is 12.6. The van der Waals surface area contributed by atoms with Crippen LogP contribution in [0, 0.1) is 0 Å². The number of hydrogen-bond acceptors (Lipinski definition) is 7. The molecule has 1 aliphatic heterocycles. The first kappa shape index (κ1) is 23.4. The van der Waals surface area contributed by atoms with Gasteiger partial charge in [-0.3, -0.25) is 4.79 Å². The second-order valence-electron chi connectivity index (χ2n) is 9.55. The molecule has 0 N–H and O–H groups in total. The molecule has 2 aliphatic rings. The molecule has 0 atom stereocenters. The van der Waals surface area contributed by atoms with Crippen LogP contribution in [-0.4, -0.2) is 56.3 Å². The summed E-state index contributed by atoms with van der Waals surface area (Å²) < 4.78 is 10.8. The van der Waals surface area contributed by atoms with Crippen molar-refractivity contribution >= 4 is 28.4 Å². The third kappa shape index (κ3) is 5.04. The lowest BCUT2D eigenvalue weighted by Crippen LogP contribution is -2.34. The van der Waals surface area contributed by atoms with Gasteiger partial charge in [0.15, 0.2) is 0 Å². The van der Waals surface area contributed by atoms with Gasteiger partial charge in [0.05, 0.1) is 19.2 Å². The molecule has 1 saturated carbocycles. The van der Waals surface area contributed by atoms with E-state index in [4.69, 9.17) is 19.4 Å². The Morgan fingerprint density at radius 3 is 2.54 bits per heavy atom. The van der Waals surface area contributed by atoms with E-state index in [0.29, 0.717) is 18.4 Å². The average Bonchev–Trinajstić information content (AvgIpc) is 3.73. The van der Waals surface area contributed by atoms with Crippen molar-refractivity contribution in [2.45, 2.75) is 44.4 Å². The normalized spacial score (nSPS) is 16.4. The second kappa shape index (κ2) is 10.1. The molecule has 184 valence electrons. The Morgan fingerprint density at radius 1 is 1.06 bits per heavy atom. The minimum Gasteiger partial charge on any atom is -0.496 e. The molecule has 0 amide bonds. The predicted molar refractivity (Wildman–Crippen MR) is 139 cm³/mol. The van der Waals surface area contributed by atoms with Crippen molar-refractivity contribution in [2.24, 2.45) is 0 Å². The van der Waals surface area contributed by atoms with Crippen LogP contribution in [0.3, 0.4) is 0 Å². The summed E-state index contributed by atoms with van der Waals surface area (Å²) in [4.78, 5) is 26.3. The topological polar surface area (TPSA) is 67.8 Å². The molecular weight excluding hydrogens is 440 g/mol. The maximum Gasteiger partial charge on any atom is 0.325 e. The van der Waals surface area contributed by atoms with Gasteiger partial charge in [0.1, 0.15) is 23.9 Å². The number of para-hydroxylation sites is 1. The van der Waals surface area contributed by atoms with Crippen LogP contribution in [0.2, 0.25) is 0 Å². The lowest BCUT2D eigenvalue weighted by Gasteiger charge is -2.34. The fraction of sp³-hybridized carbons (Fsp3) is 0.464. The van der Waals surface area contributed by atoms with Crippen LogP contribution in [0.15, 0.2) is 42.5 Å². The monoisotopic (exact) mass is 474 g/mol. The number of benzene rings is 2. The number of piperidine rings is 1. The Hall–Kier alpha value is -3.35. The second-order valence-corrected chi connectivity index (χ2v) is 9.55. The van der Waals surface area contributed by atoms with E-state index in [1.165, 1.54) is 18.4 Å². The van der Waals surface area contributed by atoms with Gasteiger partial charge in [-0.15, -0.1) is 0 Å². The summed E-state index contributed by atoms with van der Waals surface area (Å²) in [7, 11) is 3.66. The largest absolute Gasteiger partial charge is 0.496 e. The molecule has 7 heteroatoms. The van der Waals surface area contributed by atoms with Crippen molar-refractivity contribution in [2.75, 3.05) is 50.2 Å². The van der Waals surface area contributed by atoms with E-state index in [1.54, 1.807) is 7.11 Å². The zero-order valence-corrected chi connectivity index (χ0v) is 20.9. The average molecular weight is 475 g/mol. The number of carbonyl (C=O) groups excluding carboxylic acids is 1. The van der Waals surface area contributed by atoms with Crippen LogP contribution in [0.1, 0.15) is 55.8 Å². The minimum atomic E-state index is -0.228. The van der Waals surface area contributed by atoms with Gasteiger partial charge in [0.25, 0.3) is 0 Å². The molecule has 1 aromatic heterocycles. The Labute approximate surface area is 207 Å². The fourth-order valence-electron chi connectivity index (χ4n) is 5.02. The molecule has 0 spiro atoms. The number of esters is 1. The number of ether oxygens (including phenoxy) is 2. The minimum absolute atomic E-state index is 0.208. The van der Waals surface area contributed by atoms with Crippen LogP contribution in [-0.2, 0) is 9.53 Å². The number of hydrogen-bond donors (Lipinski definition) is 0. The summed E-state index contributed by atoms with van der Waals surface area (Å²) in [5.41, 5.74) is 3.22. The quantitative estimate of drug-likeness (QED) is 0.430. The van der Waals surface area contributed by atoms with Gasteiger partial charge in [0, 0.05) is 37.1 Å². The molecule has 5 rings (SSSR count). The number of rotatable bonds is 8. The molecule has 1 aliphatic carbocycles. The van der Waals surface area contributed by atoms with Crippen LogP contribution in [0.5, 0.6) is 5.75 Å². The van der Waals surface area contributed by atoms with Crippen LogP contribution < -0.4 is 14.5 Å². The summed E-state index contributed by atoms with van der Waals surface area (Å²) in [6, 6.07) is 14.6. The standard InChI is InChI=1S/C28H34N4O3/c1-4-35-26(33)18-31(2)21-11-12-24-23(17-21)28(30-27(29-24)20-9-10-20)32-15-13-19(14-16-32)22-7-5-6-8-25(22)34-3/h5-8,11-12,17,19-20H,4,9-10,13-16,18H2,1-3H3. The fourth-order valence-corrected chi connectivity index (χ4v) is 5.02. The van der Waals surface area contributed by atoms with Crippen molar-refractivity contribution in [3.05, 3.63) is 53.9 Å². The Balaban J connectivity index is 1.42. The van der Waals surface area contributed by atoms with E-state index < -0.39 is 0 Å². The zero-order chi connectivity index (χ0) is 24.4. The van der Waals surface area contributed by atoms with Crippen LogP contribution in [0.4, 0.5) is 11.5 Å². The molecule has 35 heavy (non-hydrogen) atoms. The number of nitrogens with zero attached hydrogens (tertiary/aromatic N) is 4. The highest BCUT2D eigenvalue weighted by Crippen LogP contribution is 2.41. The first-order chi connectivity index (χ1) is 17.1. The number of likely N-dealkylation sites (N-methyl/N-ethyl adjacent to an activating group) is 1. The summed E-state index contributed by atoms with van der Waals surface area (Å²) in [5.74, 6) is 3.69. The highest BCUT2D eigenvalue weighted by Gasteiger charge is 2.30.